The molecule has 1 unspecified atom stereocenters. The van der Waals surface area contributed by atoms with Gasteiger partial charge in [0.25, 0.3) is 0 Å². The normalized spacial score (nSPS) is 15.6. The summed E-state index contributed by atoms with van der Waals surface area (Å²) in [5.74, 6) is 0. The second-order valence-electron chi connectivity index (χ2n) is 11.0. The van der Waals surface area contributed by atoms with Crippen LogP contribution in [0.15, 0.2) is 138 Å². The molecule has 1 aliphatic heterocycles. The van der Waals surface area contributed by atoms with Crippen LogP contribution in [-0.2, 0) is 0 Å². The van der Waals surface area contributed by atoms with Gasteiger partial charge in [0, 0.05) is 19.9 Å². The van der Waals surface area contributed by atoms with E-state index < -0.39 is 0 Å². The highest BCUT2D eigenvalue weighted by molar-refractivity contribution is 8.03. The molecule has 0 aliphatic carbocycles. The van der Waals surface area contributed by atoms with Gasteiger partial charge in [0.2, 0.25) is 0 Å². The summed E-state index contributed by atoms with van der Waals surface area (Å²) < 4.78 is 0. The van der Waals surface area contributed by atoms with Crippen molar-refractivity contribution in [3.8, 4) is 0 Å². The van der Waals surface area contributed by atoms with Gasteiger partial charge >= 0.3 is 0 Å². The van der Waals surface area contributed by atoms with Crippen LogP contribution in [0.3, 0.4) is 0 Å². The van der Waals surface area contributed by atoms with E-state index in [1.165, 1.54) is 68.9 Å². The van der Waals surface area contributed by atoms with Gasteiger partial charge in [0.15, 0.2) is 0 Å². The molecular formula is C40H28S2. The van der Waals surface area contributed by atoms with Gasteiger partial charge in [-0.2, -0.15) is 0 Å². The van der Waals surface area contributed by atoms with Crippen LogP contribution in [0.25, 0.3) is 61.3 Å². The first-order valence-electron chi connectivity index (χ1n) is 14.4. The van der Waals surface area contributed by atoms with Gasteiger partial charge in [-0.3, -0.25) is 0 Å². The van der Waals surface area contributed by atoms with Crippen LogP contribution in [0.4, 0.5) is 0 Å². The molecule has 0 saturated carbocycles. The van der Waals surface area contributed by atoms with Crippen molar-refractivity contribution in [3.63, 3.8) is 0 Å². The Morgan fingerprint density at radius 3 is 1.60 bits per heavy atom. The van der Waals surface area contributed by atoms with Gasteiger partial charge in [-0.1, -0.05) is 91.0 Å². The average Bonchev–Trinajstić information content (AvgIpc) is 3.70. The maximum atomic E-state index is 2.38. The number of hydrogen-bond acceptors (Lipinski definition) is 2. The van der Waals surface area contributed by atoms with E-state index in [4.69, 9.17) is 0 Å². The minimum atomic E-state index is 0.494. The van der Waals surface area contributed by atoms with Crippen molar-refractivity contribution in [2.45, 2.75) is 11.7 Å². The van der Waals surface area contributed by atoms with Crippen molar-refractivity contribution in [1.29, 1.82) is 0 Å². The zero-order chi connectivity index (χ0) is 27.9. The molecule has 0 radical (unpaired) electrons. The molecule has 8 rings (SSSR count). The SMILES string of the molecule is C1=C(/C=C/c2ccc3cc4ccccc4cc3c2)SC(c2ccc(/C=C/c3ccc4cc5ccccc5cc4c3)s2)C1. The third-order valence-electron chi connectivity index (χ3n) is 8.11. The fraction of sp³-hybridized carbons (Fsp3) is 0.0500. The Kier molecular flexibility index (Phi) is 6.52. The van der Waals surface area contributed by atoms with Gasteiger partial charge in [-0.05, 0) is 121 Å². The van der Waals surface area contributed by atoms with Crippen LogP contribution < -0.4 is 0 Å². The molecule has 2 heteroatoms. The van der Waals surface area contributed by atoms with E-state index in [2.05, 4.69) is 152 Å². The molecule has 0 saturated heterocycles. The monoisotopic (exact) mass is 572 g/mol. The Labute approximate surface area is 254 Å². The second kappa shape index (κ2) is 10.8. The van der Waals surface area contributed by atoms with Crippen molar-refractivity contribution in [2.24, 2.45) is 0 Å². The summed E-state index contributed by atoms with van der Waals surface area (Å²) in [5, 5.41) is 10.8. The van der Waals surface area contributed by atoms with Crippen molar-refractivity contribution in [1.82, 2.24) is 0 Å². The van der Waals surface area contributed by atoms with E-state index in [1.807, 2.05) is 23.1 Å². The Bertz CT molecular complexity index is 2210. The smallest absolute Gasteiger partial charge is 0.0473 e. The molecule has 1 atom stereocenters. The summed E-state index contributed by atoms with van der Waals surface area (Å²) in [6.45, 7) is 0. The second-order valence-corrected chi connectivity index (χ2v) is 13.4. The molecule has 0 fully saturated rings. The largest absolute Gasteiger partial charge is 0.140 e. The fourth-order valence-corrected chi connectivity index (χ4v) is 8.13. The molecule has 0 bridgehead atoms. The maximum Gasteiger partial charge on any atom is 0.0473 e. The topological polar surface area (TPSA) is 0 Å². The quantitative estimate of drug-likeness (QED) is 0.185. The van der Waals surface area contributed by atoms with Gasteiger partial charge in [-0.25, -0.2) is 0 Å². The number of thioether (sulfide) groups is 1. The molecule has 1 aliphatic rings. The number of rotatable bonds is 5. The lowest BCUT2D eigenvalue weighted by Gasteiger charge is -2.06. The summed E-state index contributed by atoms with van der Waals surface area (Å²) in [5.41, 5.74) is 2.48. The molecule has 7 aromatic rings. The standard InChI is InChI=1S/C40H28S2/c1-3-7-31-25-35-21-27(9-13-33(35)23-29(31)5-1)11-15-37-17-19-39(41-37)40-20-18-38(42-40)16-12-28-10-14-34-24-30-6-2-4-8-32(30)26-36(34)22-28/h1-19,21-26,40H,20H2/b15-11+,16-12+. The summed E-state index contributed by atoms with van der Waals surface area (Å²) >= 11 is 3.89. The zero-order valence-corrected chi connectivity index (χ0v) is 24.7. The summed E-state index contributed by atoms with van der Waals surface area (Å²) in [4.78, 5) is 4.10. The molecule has 0 spiro atoms. The zero-order valence-electron chi connectivity index (χ0n) is 23.0. The van der Waals surface area contributed by atoms with E-state index in [1.54, 1.807) is 0 Å². The summed E-state index contributed by atoms with van der Waals surface area (Å²) in [6, 6.07) is 44.4. The lowest BCUT2D eigenvalue weighted by atomic mass is 10.0. The Morgan fingerprint density at radius 1 is 0.476 bits per heavy atom. The molecule has 0 amide bonds. The number of allylic oxidation sites excluding steroid dienone is 2. The number of hydrogen-bond donors (Lipinski definition) is 0. The van der Waals surface area contributed by atoms with Crippen LogP contribution in [0.2, 0.25) is 0 Å². The predicted octanol–water partition coefficient (Wildman–Crippen LogP) is 12.3. The van der Waals surface area contributed by atoms with E-state index >= 15 is 0 Å². The van der Waals surface area contributed by atoms with Crippen molar-refractivity contribution >= 4 is 84.4 Å². The molecule has 200 valence electrons. The summed E-state index contributed by atoms with van der Waals surface area (Å²) in [7, 11) is 0. The van der Waals surface area contributed by atoms with Gasteiger partial charge in [0.1, 0.15) is 0 Å². The van der Waals surface area contributed by atoms with E-state index in [0.29, 0.717) is 5.25 Å². The van der Waals surface area contributed by atoms with Crippen molar-refractivity contribution in [2.75, 3.05) is 0 Å². The highest BCUT2D eigenvalue weighted by atomic mass is 32.2. The molecule has 2 heterocycles. The van der Waals surface area contributed by atoms with E-state index in [-0.39, 0.29) is 0 Å². The Morgan fingerprint density at radius 2 is 1.00 bits per heavy atom. The predicted molar refractivity (Wildman–Crippen MR) is 188 cm³/mol. The molecule has 1 aromatic heterocycles. The highest BCUT2D eigenvalue weighted by Crippen LogP contribution is 2.46. The average molecular weight is 573 g/mol. The van der Waals surface area contributed by atoms with Gasteiger partial charge in [0.05, 0.1) is 0 Å². The highest BCUT2D eigenvalue weighted by Gasteiger charge is 2.19. The lowest BCUT2D eigenvalue weighted by Crippen LogP contribution is -1.82. The molecule has 42 heavy (non-hydrogen) atoms. The van der Waals surface area contributed by atoms with Crippen LogP contribution in [-0.4, -0.2) is 0 Å². The van der Waals surface area contributed by atoms with Crippen LogP contribution >= 0.6 is 23.1 Å². The number of fused-ring (bicyclic) bond motifs is 4. The first kappa shape index (κ1) is 25.3. The lowest BCUT2D eigenvalue weighted by molar-refractivity contribution is 1.02. The minimum absolute atomic E-state index is 0.494. The molecule has 6 aromatic carbocycles. The van der Waals surface area contributed by atoms with Crippen LogP contribution in [0.1, 0.15) is 32.6 Å². The third kappa shape index (κ3) is 5.09. The van der Waals surface area contributed by atoms with Gasteiger partial charge < -0.3 is 0 Å². The fourth-order valence-electron chi connectivity index (χ4n) is 5.88. The van der Waals surface area contributed by atoms with E-state index in [9.17, 15) is 0 Å². The minimum Gasteiger partial charge on any atom is -0.140 e. The number of thiophene rings is 1. The first-order chi connectivity index (χ1) is 20.7. The maximum absolute atomic E-state index is 2.38. The molecule has 0 nitrogen and oxygen atoms in total. The first-order valence-corrected chi connectivity index (χ1v) is 16.1. The summed E-state index contributed by atoms with van der Waals surface area (Å²) in [6.07, 6.45) is 12.5. The van der Waals surface area contributed by atoms with E-state index in [0.717, 1.165) is 6.42 Å². The molecular weight excluding hydrogens is 545 g/mol. The van der Waals surface area contributed by atoms with Crippen molar-refractivity contribution < 1.29 is 0 Å². The Balaban J connectivity index is 0.940. The van der Waals surface area contributed by atoms with Crippen LogP contribution in [0, 0.1) is 0 Å². The third-order valence-corrected chi connectivity index (χ3v) is 10.7. The Hall–Kier alpha value is -4.37. The van der Waals surface area contributed by atoms with Crippen molar-refractivity contribution in [3.05, 3.63) is 159 Å². The van der Waals surface area contributed by atoms with Crippen LogP contribution in [0.5, 0.6) is 0 Å². The van der Waals surface area contributed by atoms with Gasteiger partial charge in [-0.15, -0.1) is 23.1 Å². The molecule has 0 N–H and O–H groups in total. The number of benzene rings is 6.